The number of rotatable bonds is 0. The molecular formula is C8H11N. The average Bonchev–Trinajstić information content (AvgIpc) is 1.82. The Hall–Kier alpha value is -0.850. The zero-order valence-corrected chi connectivity index (χ0v) is 5.60. The van der Waals surface area contributed by atoms with Gasteiger partial charge in [-0.2, -0.15) is 0 Å². The molecule has 0 aliphatic rings. The quantitative estimate of drug-likeness (QED) is 0.515. The standard InChI is InChI=1S/C8H11N/c1-6-4-7(2)9-8(3)5-6/h4-5H,1-3H3/i1D3. The first kappa shape index (κ1) is 3.35. The minimum Gasteiger partial charge on any atom is -0.258 e. The Morgan fingerprint density at radius 3 is 2.33 bits per heavy atom. The third-order valence-electron chi connectivity index (χ3n) is 1.08. The molecule has 1 heteroatoms. The summed E-state index contributed by atoms with van der Waals surface area (Å²) in [6.07, 6.45) is 0. The molecule has 1 aromatic rings. The lowest BCUT2D eigenvalue weighted by atomic mass is 10.2. The molecule has 0 aliphatic carbocycles. The highest BCUT2D eigenvalue weighted by Crippen LogP contribution is 2.01. The van der Waals surface area contributed by atoms with Crippen molar-refractivity contribution in [1.82, 2.24) is 4.98 Å². The van der Waals surface area contributed by atoms with Gasteiger partial charge in [-0.15, -0.1) is 0 Å². The van der Waals surface area contributed by atoms with E-state index in [2.05, 4.69) is 4.98 Å². The third-order valence-corrected chi connectivity index (χ3v) is 1.08. The SMILES string of the molecule is [2H]C([2H])([2H])c1cc(C)nc(C)c1. The molecule has 9 heavy (non-hydrogen) atoms. The smallest absolute Gasteiger partial charge is 0.0378 e. The zero-order chi connectivity index (χ0) is 9.35. The molecule has 0 saturated carbocycles. The lowest BCUT2D eigenvalue weighted by molar-refractivity contribution is 1.10. The summed E-state index contributed by atoms with van der Waals surface area (Å²) in [6, 6.07) is 3.19. The van der Waals surface area contributed by atoms with Crippen molar-refractivity contribution in [1.29, 1.82) is 0 Å². The number of hydrogen-bond acceptors (Lipinski definition) is 1. The van der Waals surface area contributed by atoms with Crippen LogP contribution >= 0.6 is 0 Å². The topological polar surface area (TPSA) is 12.9 Å². The molecule has 1 nitrogen and oxygen atoms in total. The summed E-state index contributed by atoms with van der Waals surface area (Å²) in [7, 11) is 0. The normalized spacial score (nSPS) is 16.0. The Morgan fingerprint density at radius 1 is 1.33 bits per heavy atom. The third kappa shape index (κ3) is 1.53. The predicted octanol–water partition coefficient (Wildman–Crippen LogP) is 2.01. The van der Waals surface area contributed by atoms with E-state index < -0.39 is 6.85 Å². The van der Waals surface area contributed by atoms with Crippen LogP contribution in [0.2, 0.25) is 0 Å². The highest BCUT2D eigenvalue weighted by molar-refractivity contribution is 5.18. The van der Waals surface area contributed by atoms with Crippen LogP contribution in [0, 0.1) is 20.7 Å². The summed E-state index contributed by atoms with van der Waals surface area (Å²) in [5.74, 6) is 0. The van der Waals surface area contributed by atoms with Crippen molar-refractivity contribution in [2.75, 3.05) is 0 Å². The van der Waals surface area contributed by atoms with E-state index in [1.165, 1.54) is 0 Å². The highest BCUT2D eigenvalue weighted by atomic mass is 14.7. The van der Waals surface area contributed by atoms with Crippen LogP contribution in [0.3, 0.4) is 0 Å². The van der Waals surface area contributed by atoms with Crippen LogP contribution in [0.4, 0.5) is 0 Å². The first-order chi connectivity index (χ1) is 5.39. The molecule has 1 aromatic heterocycles. The maximum absolute atomic E-state index is 7.17. The summed E-state index contributed by atoms with van der Waals surface area (Å²) in [4.78, 5) is 4.10. The van der Waals surface area contributed by atoms with E-state index in [0.29, 0.717) is 5.56 Å². The van der Waals surface area contributed by atoms with Crippen molar-refractivity contribution >= 4 is 0 Å². The molecule has 0 N–H and O–H groups in total. The minimum absolute atomic E-state index is 0.368. The van der Waals surface area contributed by atoms with E-state index in [-0.39, 0.29) is 0 Å². The van der Waals surface area contributed by atoms with Gasteiger partial charge < -0.3 is 0 Å². The molecule has 0 amide bonds. The molecule has 0 spiro atoms. The number of aromatic nitrogens is 1. The lowest BCUT2D eigenvalue weighted by Crippen LogP contribution is -1.85. The highest BCUT2D eigenvalue weighted by Gasteiger charge is 1.88. The summed E-state index contributed by atoms with van der Waals surface area (Å²) < 4.78 is 21.5. The number of hydrogen-bond donors (Lipinski definition) is 0. The number of aryl methyl sites for hydroxylation is 3. The van der Waals surface area contributed by atoms with E-state index in [9.17, 15) is 0 Å². The van der Waals surface area contributed by atoms with Gasteiger partial charge in [0, 0.05) is 15.5 Å². The molecule has 0 fully saturated rings. The van der Waals surface area contributed by atoms with Crippen LogP contribution in [0.1, 0.15) is 21.1 Å². The summed E-state index contributed by atoms with van der Waals surface area (Å²) in [5, 5.41) is 0. The molecular weight excluding hydrogens is 110 g/mol. The van der Waals surface area contributed by atoms with Crippen LogP contribution in [0.15, 0.2) is 12.1 Å². The Balaban J connectivity index is 3.18. The van der Waals surface area contributed by atoms with E-state index in [1.54, 1.807) is 26.0 Å². The van der Waals surface area contributed by atoms with Crippen LogP contribution in [-0.4, -0.2) is 4.98 Å². The average molecular weight is 124 g/mol. The van der Waals surface area contributed by atoms with Gasteiger partial charge in [0.1, 0.15) is 0 Å². The molecule has 1 rings (SSSR count). The lowest BCUT2D eigenvalue weighted by Gasteiger charge is -1.96. The van der Waals surface area contributed by atoms with Crippen LogP contribution < -0.4 is 0 Å². The molecule has 1 heterocycles. The largest absolute Gasteiger partial charge is 0.258 e. The van der Waals surface area contributed by atoms with Gasteiger partial charge in [-0.1, -0.05) is 0 Å². The van der Waals surface area contributed by atoms with Crippen molar-refractivity contribution in [3.63, 3.8) is 0 Å². The fourth-order valence-electron chi connectivity index (χ4n) is 0.834. The number of pyridine rings is 1. The second-order valence-corrected chi connectivity index (χ2v) is 2.14. The first-order valence-corrected chi connectivity index (χ1v) is 2.85. The zero-order valence-electron chi connectivity index (χ0n) is 8.60. The van der Waals surface area contributed by atoms with Gasteiger partial charge in [0.15, 0.2) is 0 Å². The molecule has 48 valence electrons. The molecule has 0 radical (unpaired) electrons. The first-order valence-electron chi connectivity index (χ1n) is 4.35. The second kappa shape index (κ2) is 2.18. The molecule has 0 bridgehead atoms. The maximum atomic E-state index is 7.17. The molecule has 0 aliphatic heterocycles. The fourth-order valence-corrected chi connectivity index (χ4v) is 0.834. The maximum Gasteiger partial charge on any atom is 0.0378 e. The van der Waals surface area contributed by atoms with Crippen molar-refractivity contribution in [2.45, 2.75) is 20.7 Å². The Bertz CT molecular complexity index is 271. The van der Waals surface area contributed by atoms with E-state index in [4.69, 9.17) is 4.11 Å². The van der Waals surface area contributed by atoms with E-state index in [1.807, 2.05) is 0 Å². The van der Waals surface area contributed by atoms with Crippen molar-refractivity contribution in [3.8, 4) is 0 Å². The Kier molecular flexibility index (Phi) is 0.810. The Labute approximate surface area is 60.0 Å². The van der Waals surface area contributed by atoms with E-state index >= 15 is 0 Å². The monoisotopic (exact) mass is 124 g/mol. The second-order valence-electron chi connectivity index (χ2n) is 2.14. The van der Waals surface area contributed by atoms with Gasteiger partial charge >= 0.3 is 0 Å². The summed E-state index contributed by atoms with van der Waals surface area (Å²) in [5.41, 5.74) is 1.87. The van der Waals surface area contributed by atoms with Gasteiger partial charge in [-0.25, -0.2) is 0 Å². The molecule has 0 unspecified atom stereocenters. The van der Waals surface area contributed by atoms with Crippen molar-refractivity contribution in [2.24, 2.45) is 0 Å². The van der Waals surface area contributed by atoms with Crippen molar-refractivity contribution < 1.29 is 4.11 Å². The van der Waals surface area contributed by atoms with E-state index in [0.717, 1.165) is 11.4 Å². The van der Waals surface area contributed by atoms with Gasteiger partial charge in [-0.3, -0.25) is 4.98 Å². The van der Waals surface area contributed by atoms with Crippen LogP contribution in [0.25, 0.3) is 0 Å². The molecule has 0 aromatic carbocycles. The van der Waals surface area contributed by atoms with Crippen LogP contribution in [-0.2, 0) is 0 Å². The van der Waals surface area contributed by atoms with Gasteiger partial charge in [0.05, 0.1) is 0 Å². The summed E-state index contributed by atoms with van der Waals surface area (Å²) >= 11 is 0. The number of nitrogens with zero attached hydrogens (tertiary/aromatic N) is 1. The molecule has 0 saturated heterocycles. The minimum atomic E-state index is -2.02. The van der Waals surface area contributed by atoms with Gasteiger partial charge in [-0.05, 0) is 38.4 Å². The summed E-state index contributed by atoms with van der Waals surface area (Å²) in [6.45, 7) is 1.57. The fraction of sp³-hybridized carbons (Fsp3) is 0.375. The predicted molar refractivity (Wildman–Crippen MR) is 38.4 cm³/mol. The Morgan fingerprint density at radius 2 is 1.89 bits per heavy atom. The molecule has 0 atom stereocenters. The van der Waals surface area contributed by atoms with Crippen LogP contribution in [0.5, 0.6) is 0 Å². The van der Waals surface area contributed by atoms with Gasteiger partial charge in [0.25, 0.3) is 0 Å². The van der Waals surface area contributed by atoms with Crippen molar-refractivity contribution in [3.05, 3.63) is 29.1 Å². The van der Waals surface area contributed by atoms with Gasteiger partial charge in [0.2, 0.25) is 0 Å².